The third-order valence-corrected chi connectivity index (χ3v) is 5.59. The molecule has 0 radical (unpaired) electrons. The average Bonchev–Trinajstić information content (AvgIpc) is 2.97. The smallest absolute Gasteiger partial charge is 0.233 e. The molecule has 3 nitrogen and oxygen atoms in total. The summed E-state index contributed by atoms with van der Waals surface area (Å²) in [5, 5.41) is 1.96. The van der Waals surface area contributed by atoms with Crippen molar-refractivity contribution in [1.82, 2.24) is 4.90 Å². The molecule has 2 atom stereocenters. The number of carbonyl (C=O) groups excluding carboxylic acids is 2. The molecular weight excluding hydrogens is 302 g/mol. The zero-order valence-electron chi connectivity index (χ0n) is 9.19. The lowest BCUT2D eigenvalue weighted by molar-refractivity contribution is -0.140. The molecule has 3 rings (SSSR count). The summed E-state index contributed by atoms with van der Waals surface area (Å²) >= 11 is 5.01. The van der Waals surface area contributed by atoms with Crippen molar-refractivity contribution in [2.24, 2.45) is 11.8 Å². The van der Waals surface area contributed by atoms with Crippen LogP contribution in [0.5, 0.6) is 0 Å². The lowest BCUT2D eigenvalue weighted by Crippen LogP contribution is -2.30. The molecule has 1 saturated carbocycles. The standard InChI is InChI=1S/C12H12BrNO2S/c13-9-4-5-17-10(9)6-14-11(15)7-2-1-3-8(7)12(14)16/h4-5,7-8H,1-3,6H2. The van der Waals surface area contributed by atoms with E-state index in [1.165, 1.54) is 4.90 Å². The van der Waals surface area contributed by atoms with E-state index in [9.17, 15) is 9.59 Å². The molecule has 2 amide bonds. The first-order valence-corrected chi connectivity index (χ1v) is 7.43. The molecule has 0 N–H and O–H groups in total. The number of carbonyl (C=O) groups is 2. The van der Waals surface area contributed by atoms with Crippen LogP contribution in [0.3, 0.4) is 0 Å². The van der Waals surface area contributed by atoms with Gasteiger partial charge in [-0.15, -0.1) is 11.3 Å². The van der Waals surface area contributed by atoms with Gasteiger partial charge in [-0.25, -0.2) is 0 Å². The summed E-state index contributed by atoms with van der Waals surface area (Å²) in [6.45, 7) is 0.433. The van der Waals surface area contributed by atoms with Gasteiger partial charge in [0.05, 0.1) is 18.4 Å². The van der Waals surface area contributed by atoms with Crippen molar-refractivity contribution in [2.45, 2.75) is 25.8 Å². The van der Waals surface area contributed by atoms with E-state index in [0.717, 1.165) is 28.6 Å². The molecule has 17 heavy (non-hydrogen) atoms. The van der Waals surface area contributed by atoms with Gasteiger partial charge in [-0.05, 0) is 40.2 Å². The molecule has 0 bridgehead atoms. The molecule has 2 unspecified atom stereocenters. The molecular formula is C12H12BrNO2S. The number of amides is 2. The Morgan fingerprint density at radius 3 is 2.47 bits per heavy atom. The van der Waals surface area contributed by atoms with E-state index in [1.807, 2.05) is 11.4 Å². The summed E-state index contributed by atoms with van der Waals surface area (Å²) in [5.41, 5.74) is 0. The monoisotopic (exact) mass is 313 g/mol. The van der Waals surface area contributed by atoms with Crippen LogP contribution >= 0.6 is 27.3 Å². The molecule has 1 saturated heterocycles. The van der Waals surface area contributed by atoms with Crippen molar-refractivity contribution < 1.29 is 9.59 Å². The Kier molecular flexibility index (Phi) is 2.83. The van der Waals surface area contributed by atoms with Crippen molar-refractivity contribution in [3.05, 3.63) is 20.8 Å². The van der Waals surface area contributed by atoms with Gasteiger partial charge in [-0.3, -0.25) is 14.5 Å². The summed E-state index contributed by atoms with van der Waals surface area (Å²) in [6, 6.07) is 1.95. The second kappa shape index (κ2) is 4.21. The topological polar surface area (TPSA) is 37.4 Å². The number of likely N-dealkylation sites (tertiary alicyclic amines) is 1. The maximum absolute atomic E-state index is 12.1. The molecule has 0 aromatic carbocycles. The van der Waals surface area contributed by atoms with Gasteiger partial charge >= 0.3 is 0 Å². The minimum absolute atomic E-state index is 0.0266. The Balaban J connectivity index is 1.83. The first kappa shape index (κ1) is 11.4. The van der Waals surface area contributed by atoms with Gasteiger partial charge in [0.1, 0.15) is 0 Å². The van der Waals surface area contributed by atoms with Crippen LogP contribution in [0.25, 0.3) is 0 Å². The number of hydrogen-bond donors (Lipinski definition) is 0. The minimum atomic E-state index is -0.0266. The Hall–Kier alpha value is -0.680. The number of imide groups is 1. The first-order chi connectivity index (χ1) is 8.18. The van der Waals surface area contributed by atoms with Crippen molar-refractivity contribution in [2.75, 3.05) is 0 Å². The summed E-state index contributed by atoms with van der Waals surface area (Å²) in [7, 11) is 0. The zero-order valence-corrected chi connectivity index (χ0v) is 11.6. The van der Waals surface area contributed by atoms with Crippen LogP contribution in [-0.2, 0) is 16.1 Å². The summed E-state index contributed by atoms with van der Waals surface area (Å²) in [6.07, 6.45) is 2.79. The highest BCUT2D eigenvalue weighted by Crippen LogP contribution is 2.40. The lowest BCUT2D eigenvalue weighted by Gasteiger charge is -2.14. The summed E-state index contributed by atoms with van der Waals surface area (Å²) in [5.74, 6) is 0.0260. The van der Waals surface area contributed by atoms with Gasteiger partial charge in [-0.2, -0.15) is 0 Å². The molecule has 2 heterocycles. The molecule has 2 fully saturated rings. The number of fused-ring (bicyclic) bond motifs is 1. The van der Waals surface area contributed by atoms with E-state index in [-0.39, 0.29) is 23.7 Å². The van der Waals surface area contributed by atoms with Gasteiger partial charge in [0, 0.05) is 9.35 Å². The van der Waals surface area contributed by atoms with E-state index in [2.05, 4.69) is 15.9 Å². The number of thiophene rings is 1. The van der Waals surface area contributed by atoms with Crippen LogP contribution in [0.15, 0.2) is 15.9 Å². The Bertz CT molecular complexity index is 463. The minimum Gasteiger partial charge on any atom is -0.277 e. The zero-order chi connectivity index (χ0) is 12.0. The fraction of sp³-hybridized carbons (Fsp3) is 0.500. The van der Waals surface area contributed by atoms with Crippen LogP contribution in [0, 0.1) is 11.8 Å². The van der Waals surface area contributed by atoms with Gasteiger partial charge in [-0.1, -0.05) is 6.42 Å². The quantitative estimate of drug-likeness (QED) is 0.787. The molecule has 1 aliphatic heterocycles. The SMILES string of the molecule is O=C1C2CCCC2C(=O)N1Cc1sccc1Br. The van der Waals surface area contributed by atoms with Crippen molar-refractivity contribution >= 4 is 39.1 Å². The van der Waals surface area contributed by atoms with Crippen LogP contribution in [0.2, 0.25) is 0 Å². The highest BCUT2D eigenvalue weighted by molar-refractivity contribution is 9.10. The number of halogens is 1. The molecule has 2 aliphatic rings. The molecule has 1 aromatic heterocycles. The lowest BCUT2D eigenvalue weighted by atomic mass is 10.00. The van der Waals surface area contributed by atoms with Gasteiger partial charge in [0.25, 0.3) is 0 Å². The third-order valence-electron chi connectivity index (χ3n) is 3.68. The van der Waals surface area contributed by atoms with Gasteiger partial charge in [0.2, 0.25) is 11.8 Å². The molecule has 1 aromatic rings. The fourth-order valence-corrected chi connectivity index (χ4v) is 4.26. The molecule has 1 aliphatic carbocycles. The number of nitrogens with zero attached hydrogens (tertiary/aromatic N) is 1. The highest BCUT2D eigenvalue weighted by atomic mass is 79.9. The van der Waals surface area contributed by atoms with E-state index in [4.69, 9.17) is 0 Å². The van der Waals surface area contributed by atoms with Gasteiger partial charge in [0.15, 0.2) is 0 Å². The van der Waals surface area contributed by atoms with Crippen molar-refractivity contribution in [3.8, 4) is 0 Å². The Labute approximate surface area is 112 Å². The molecule has 0 spiro atoms. The Morgan fingerprint density at radius 1 is 1.29 bits per heavy atom. The van der Waals surface area contributed by atoms with Crippen LogP contribution in [0.1, 0.15) is 24.1 Å². The normalized spacial score (nSPS) is 27.9. The fourth-order valence-electron chi connectivity index (χ4n) is 2.80. The van der Waals surface area contributed by atoms with Gasteiger partial charge < -0.3 is 0 Å². The Morgan fingerprint density at radius 2 is 1.94 bits per heavy atom. The second-order valence-electron chi connectivity index (χ2n) is 4.60. The summed E-state index contributed by atoms with van der Waals surface area (Å²) < 4.78 is 0.986. The van der Waals surface area contributed by atoms with Crippen molar-refractivity contribution in [3.63, 3.8) is 0 Å². The molecule has 5 heteroatoms. The largest absolute Gasteiger partial charge is 0.277 e. The predicted octanol–water partition coefficient (Wildman–Crippen LogP) is 2.80. The first-order valence-electron chi connectivity index (χ1n) is 5.75. The van der Waals surface area contributed by atoms with Crippen LogP contribution in [-0.4, -0.2) is 16.7 Å². The van der Waals surface area contributed by atoms with Crippen molar-refractivity contribution in [1.29, 1.82) is 0 Å². The van der Waals surface area contributed by atoms with E-state index < -0.39 is 0 Å². The number of hydrogen-bond acceptors (Lipinski definition) is 3. The predicted molar refractivity (Wildman–Crippen MR) is 68.4 cm³/mol. The summed E-state index contributed by atoms with van der Waals surface area (Å²) in [4.78, 5) is 26.8. The van der Waals surface area contributed by atoms with Crippen LogP contribution < -0.4 is 0 Å². The average molecular weight is 314 g/mol. The highest BCUT2D eigenvalue weighted by Gasteiger charge is 2.49. The third kappa shape index (κ3) is 1.76. The molecule has 90 valence electrons. The van der Waals surface area contributed by atoms with E-state index in [1.54, 1.807) is 11.3 Å². The van der Waals surface area contributed by atoms with Crippen LogP contribution in [0.4, 0.5) is 0 Å². The second-order valence-corrected chi connectivity index (χ2v) is 6.45. The maximum atomic E-state index is 12.1. The van der Waals surface area contributed by atoms with E-state index in [0.29, 0.717) is 6.54 Å². The van der Waals surface area contributed by atoms with E-state index >= 15 is 0 Å². The number of rotatable bonds is 2. The maximum Gasteiger partial charge on any atom is 0.233 e.